The lowest BCUT2D eigenvalue weighted by Gasteiger charge is -2.10. The second-order valence-electron chi connectivity index (χ2n) is 4.96. The second-order valence-corrected chi connectivity index (χ2v) is 6.68. The van der Waals surface area contributed by atoms with Crippen molar-refractivity contribution < 1.29 is 8.42 Å². The summed E-state index contributed by atoms with van der Waals surface area (Å²) in [5.74, 6) is 0. The molecule has 0 aliphatic carbocycles. The Bertz CT molecular complexity index is 527. The average Bonchev–Trinajstić information content (AvgIpc) is 2.27. The second kappa shape index (κ2) is 6.73. The molecule has 19 heavy (non-hydrogen) atoms. The van der Waals surface area contributed by atoms with Crippen LogP contribution in [0.4, 0.5) is 5.69 Å². The zero-order chi connectivity index (χ0) is 14.5. The number of rotatable bonds is 6. The number of hydrogen-bond donors (Lipinski definition) is 2. The van der Waals surface area contributed by atoms with Gasteiger partial charge in [-0.05, 0) is 52.0 Å². The van der Waals surface area contributed by atoms with Crippen molar-refractivity contribution in [3.63, 3.8) is 0 Å². The molecule has 0 heterocycles. The van der Waals surface area contributed by atoms with Crippen molar-refractivity contribution in [3.8, 4) is 0 Å². The zero-order valence-electron chi connectivity index (χ0n) is 11.9. The first kappa shape index (κ1) is 15.7. The van der Waals surface area contributed by atoms with E-state index in [1.807, 2.05) is 13.8 Å². The van der Waals surface area contributed by atoms with E-state index in [2.05, 4.69) is 16.1 Å². The molecule has 0 saturated carbocycles. The quantitative estimate of drug-likeness (QED) is 0.789. The highest BCUT2D eigenvalue weighted by molar-refractivity contribution is 7.89. The number of benzene rings is 1. The minimum Gasteiger partial charge on any atom is -0.382 e. The monoisotopic (exact) mass is 282 g/mol. The van der Waals surface area contributed by atoms with Gasteiger partial charge in [-0.15, -0.1) is 0 Å². The summed E-state index contributed by atoms with van der Waals surface area (Å²) in [4.78, 5) is 0.286. The van der Waals surface area contributed by atoms with Crippen molar-refractivity contribution in [2.24, 2.45) is 0 Å². The van der Waals surface area contributed by atoms with Gasteiger partial charge in [0, 0.05) is 18.3 Å². The molecule has 0 aliphatic rings. The van der Waals surface area contributed by atoms with Gasteiger partial charge in [0.2, 0.25) is 10.0 Å². The van der Waals surface area contributed by atoms with E-state index in [4.69, 9.17) is 0 Å². The van der Waals surface area contributed by atoms with Gasteiger partial charge in [0.1, 0.15) is 0 Å². The molecular weight excluding hydrogens is 260 g/mol. The van der Waals surface area contributed by atoms with Crippen molar-refractivity contribution in [1.82, 2.24) is 4.72 Å². The fourth-order valence-corrected chi connectivity index (χ4v) is 2.75. The van der Waals surface area contributed by atoms with Crippen molar-refractivity contribution in [1.29, 1.82) is 0 Å². The molecule has 1 aromatic rings. The molecule has 0 amide bonds. The molecule has 1 rings (SSSR count). The van der Waals surface area contributed by atoms with Crippen LogP contribution in [0.5, 0.6) is 0 Å². The normalized spacial score (nSPS) is 11.4. The third-order valence-corrected chi connectivity index (χ3v) is 4.05. The van der Waals surface area contributed by atoms with E-state index in [0.29, 0.717) is 0 Å². The Morgan fingerprint density at radius 3 is 2.26 bits per heavy atom. The highest BCUT2D eigenvalue weighted by atomic mass is 32.2. The van der Waals surface area contributed by atoms with Crippen molar-refractivity contribution >= 4 is 15.7 Å². The van der Waals surface area contributed by atoms with Gasteiger partial charge in [0.05, 0.1) is 4.90 Å². The largest absolute Gasteiger partial charge is 0.382 e. The zero-order valence-corrected chi connectivity index (χ0v) is 12.7. The topological polar surface area (TPSA) is 58.2 Å². The number of nitrogens with one attached hydrogen (secondary N) is 2. The minimum absolute atomic E-state index is 0.111. The molecule has 0 fully saturated rings. The average molecular weight is 282 g/mol. The highest BCUT2D eigenvalue weighted by Gasteiger charge is 2.14. The van der Waals surface area contributed by atoms with Gasteiger partial charge in [0.15, 0.2) is 0 Å². The molecule has 0 aliphatic heterocycles. The third kappa shape index (κ3) is 5.44. The van der Waals surface area contributed by atoms with Crippen LogP contribution in [0.3, 0.4) is 0 Å². The number of sulfonamides is 1. The third-order valence-electron chi connectivity index (χ3n) is 2.37. The van der Waals surface area contributed by atoms with E-state index >= 15 is 0 Å². The molecule has 1 aromatic carbocycles. The van der Waals surface area contributed by atoms with Crippen LogP contribution in [0.1, 0.15) is 27.7 Å². The van der Waals surface area contributed by atoms with E-state index in [0.717, 1.165) is 12.2 Å². The molecule has 0 radical (unpaired) electrons. The Labute approximate surface area is 116 Å². The molecule has 0 bridgehead atoms. The van der Waals surface area contributed by atoms with Gasteiger partial charge < -0.3 is 5.32 Å². The van der Waals surface area contributed by atoms with Crippen LogP contribution in [-0.2, 0) is 10.0 Å². The van der Waals surface area contributed by atoms with Crippen LogP contribution in [0.25, 0.3) is 0 Å². The standard InChI is InChI=1S/C14H22N2O2S/c1-11(2)9-10-15-13-5-7-14(8-6-13)19(17,18)16-12(3)4/h5-9,12,15-16H,10H2,1-4H3. The lowest BCUT2D eigenvalue weighted by Crippen LogP contribution is -2.30. The Balaban J connectivity index is 2.74. The molecule has 2 N–H and O–H groups in total. The maximum absolute atomic E-state index is 11.9. The van der Waals surface area contributed by atoms with E-state index in [9.17, 15) is 8.42 Å². The maximum atomic E-state index is 11.9. The lowest BCUT2D eigenvalue weighted by atomic mass is 10.3. The first-order valence-electron chi connectivity index (χ1n) is 6.31. The van der Waals surface area contributed by atoms with Gasteiger partial charge in [0.25, 0.3) is 0 Å². The molecule has 0 saturated heterocycles. The summed E-state index contributed by atoms with van der Waals surface area (Å²) in [7, 11) is -3.40. The fourth-order valence-electron chi connectivity index (χ4n) is 1.50. The summed E-state index contributed by atoms with van der Waals surface area (Å²) in [6.07, 6.45) is 2.07. The lowest BCUT2D eigenvalue weighted by molar-refractivity contribution is 0.570. The van der Waals surface area contributed by atoms with Gasteiger partial charge in [-0.1, -0.05) is 11.6 Å². The predicted molar refractivity (Wildman–Crippen MR) is 79.8 cm³/mol. The molecule has 0 aromatic heterocycles. The highest BCUT2D eigenvalue weighted by Crippen LogP contribution is 2.14. The Morgan fingerprint density at radius 2 is 1.79 bits per heavy atom. The van der Waals surface area contributed by atoms with Gasteiger partial charge in [-0.2, -0.15) is 0 Å². The van der Waals surface area contributed by atoms with Gasteiger partial charge in [-0.25, -0.2) is 13.1 Å². The van der Waals surface area contributed by atoms with Crippen LogP contribution >= 0.6 is 0 Å². The van der Waals surface area contributed by atoms with Gasteiger partial charge in [-0.3, -0.25) is 0 Å². The minimum atomic E-state index is -3.40. The number of anilines is 1. The Morgan fingerprint density at radius 1 is 1.21 bits per heavy atom. The van der Waals surface area contributed by atoms with Crippen LogP contribution in [0, 0.1) is 0 Å². The summed E-state index contributed by atoms with van der Waals surface area (Å²) in [5, 5.41) is 3.20. The predicted octanol–water partition coefficient (Wildman–Crippen LogP) is 2.75. The van der Waals surface area contributed by atoms with Gasteiger partial charge >= 0.3 is 0 Å². The molecule has 0 unspecified atom stereocenters. The van der Waals surface area contributed by atoms with Crippen LogP contribution < -0.4 is 10.0 Å². The first-order valence-corrected chi connectivity index (χ1v) is 7.79. The fraction of sp³-hybridized carbons (Fsp3) is 0.429. The van der Waals surface area contributed by atoms with Crippen molar-refractivity contribution in [2.45, 2.75) is 38.6 Å². The molecular formula is C14H22N2O2S. The summed E-state index contributed by atoms with van der Waals surface area (Å²) >= 11 is 0. The SMILES string of the molecule is CC(C)=CCNc1ccc(S(=O)(=O)NC(C)C)cc1. The molecule has 0 atom stereocenters. The summed E-state index contributed by atoms with van der Waals surface area (Å²) < 4.78 is 26.4. The maximum Gasteiger partial charge on any atom is 0.240 e. The summed E-state index contributed by atoms with van der Waals surface area (Å²) in [6, 6.07) is 6.65. The molecule has 5 heteroatoms. The molecule has 4 nitrogen and oxygen atoms in total. The number of hydrogen-bond acceptors (Lipinski definition) is 3. The van der Waals surface area contributed by atoms with Crippen LogP contribution in [-0.4, -0.2) is 21.0 Å². The molecule has 106 valence electrons. The van der Waals surface area contributed by atoms with Crippen molar-refractivity contribution in [2.75, 3.05) is 11.9 Å². The Hall–Kier alpha value is -1.33. The summed E-state index contributed by atoms with van der Waals surface area (Å²) in [6.45, 7) is 8.41. The molecule has 0 spiro atoms. The number of allylic oxidation sites excluding steroid dienone is 1. The van der Waals surface area contributed by atoms with Crippen LogP contribution in [0.2, 0.25) is 0 Å². The van der Waals surface area contributed by atoms with Crippen LogP contribution in [0.15, 0.2) is 40.8 Å². The summed E-state index contributed by atoms with van der Waals surface area (Å²) in [5.41, 5.74) is 2.15. The smallest absolute Gasteiger partial charge is 0.240 e. The van der Waals surface area contributed by atoms with E-state index in [1.54, 1.807) is 38.1 Å². The van der Waals surface area contributed by atoms with Crippen molar-refractivity contribution in [3.05, 3.63) is 35.9 Å². The van der Waals surface area contributed by atoms with E-state index in [1.165, 1.54) is 5.57 Å². The first-order chi connectivity index (χ1) is 8.81. The Kier molecular flexibility index (Phi) is 5.57. The van der Waals surface area contributed by atoms with E-state index in [-0.39, 0.29) is 10.9 Å². The van der Waals surface area contributed by atoms with E-state index < -0.39 is 10.0 Å².